The topological polar surface area (TPSA) is 30.5 Å². The van der Waals surface area contributed by atoms with E-state index in [4.69, 9.17) is 9.47 Å². The Morgan fingerprint density at radius 1 is 1.33 bits per heavy atom. The molecule has 0 bridgehead atoms. The van der Waals surface area contributed by atoms with Crippen LogP contribution in [0.5, 0.6) is 5.75 Å². The number of rotatable bonds is 8. The molecule has 0 aliphatic heterocycles. The fraction of sp³-hybridized carbons (Fsp3) is 0.571. The minimum atomic E-state index is -0.247. The van der Waals surface area contributed by atoms with E-state index in [-0.39, 0.29) is 5.82 Å². The molecule has 102 valence electrons. The summed E-state index contributed by atoms with van der Waals surface area (Å²) >= 11 is 0. The maximum absolute atomic E-state index is 13.9. The van der Waals surface area contributed by atoms with E-state index in [2.05, 4.69) is 12.2 Å². The summed E-state index contributed by atoms with van der Waals surface area (Å²) in [6.45, 7) is 4.46. The number of halogens is 1. The minimum absolute atomic E-state index is 0.247. The van der Waals surface area contributed by atoms with Crippen molar-refractivity contribution in [3.8, 4) is 5.75 Å². The normalized spacial score (nSPS) is 12.4. The highest BCUT2D eigenvalue weighted by Crippen LogP contribution is 2.22. The fourth-order valence-electron chi connectivity index (χ4n) is 1.84. The predicted octanol–water partition coefficient (Wildman–Crippen LogP) is 2.25. The van der Waals surface area contributed by atoms with Crippen LogP contribution in [0.4, 0.5) is 4.39 Å². The highest BCUT2D eigenvalue weighted by atomic mass is 19.1. The summed E-state index contributed by atoms with van der Waals surface area (Å²) in [7, 11) is 3.16. The van der Waals surface area contributed by atoms with Crippen LogP contribution in [0.2, 0.25) is 0 Å². The third-order valence-corrected chi connectivity index (χ3v) is 2.81. The van der Waals surface area contributed by atoms with Crippen LogP contribution < -0.4 is 10.1 Å². The Morgan fingerprint density at radius 2 is 2.11 bits per heavy atom. The van der Waals surface area contributed by atoms with Gasteiger partial charge < -0.3 is 14.8 Å². The van der Waals surface area contributed by atoms with Crippen molar-refractivity contribution in [3.05, 3.63) is 29.6 Å². The lowest BCUT2D eigenvalue weighted by atomic mass is 10.0. The van der Waals surface area contributed by atoms with Gasteiger partial charge in [-0.3, -0.25) is 0 Å². The van der Waals surface area contributed by atoms with Crippen molar-refractivity contribution in [1.82, 2.24) is 5.32 Å². The third-order valence-electron chi connectivity index (χ3n) is 2.81. The van der Waals surface area contributed by atoms with Crippen LogP contribution in [-0.2, 0) is 11.2 Å². The second-order valence-electron chi connectivity index (χ2n) is 4.44. The predicted molar refractivity (Wildman–Crippen MR) is 70.6 cm³/mol. The van der Waals surface area contributed by atoms with Gasteiger partial charge in [-0.2, -0.15) is 0 Å². The van der Waals surface area contributed by atoms with Gasteiger partial charge in [0.25, 0.3) is 0 Å². The van der Waals surface area contributed by atoms with Crippen molar-refractivity contribution in [3.63, 3.8) is 0 Å². The number of nitrogens with one attached hydrogen (secondary N) is 1. The molecule has 18 heavy (non-hydrogen) atoms. The van der Waals surface area contributed by atoms with Gasteiger partial charge in [0.15, 0.2) is 11.6 Å². The summed E-state index contributed by atoms with van der Waals surface area (Å²) in [5.74, 6) is 0.430. The molecule has 1 atom stereocenters. The first-order valence-corrected chi connectivity index (χ1v) is 6.20. The molecule has 0 spiro atoms. The maximum atomic E-state index is 13.9. The zero-order chi connectivity index (χ0) is 13.4. The van der Waals surface area contributed by atoms with Crippen LogP contribution in [0, 0.1) is 11.7 Å². The van der Waals surface area contributed by atoms with Gasteiger partial charge in [-0.25, -0.2) is 4.39 Å². The first-order chi connectivity index (χ1) is 8.69. The molecule has 0 radical (unpaired) electrons. The summed E-state index contributed by atoms with van der Waals surface area (Å²) < 4.78 is 23.8. The first-order valence-electron chi connectivity index (χ1n) is 6.20. The highest BCUT2D eigenvalue weighted by molar-refractivity contribution is 5.31. The average Bonchev–Trinajstić information content (AvgIpc) is 2.37. The fourth-order valence-corrected chi connectivity index (χ4v) is 1.84. The summed E-state index contributed by atoms with van der Waals surface area (Å²) in [5, 5.41) is 3.28. The van der Waals surface area contributed by atoms with Crippen molar-refractivity contribution < 1.29 is 13.9 Å². The molecule has 0 saturated heterocycles. The lowest BCUT2D eigenvalue weighted by molar-refractivity contribution is 0.198. The van der Waals surface area contributed by atoms with Crippen molar-refractivity contribution in [1.29, 1.82) is 0 Å². The van der Waals surface area contributed by atoms with Gasteiger partial charge in [0.1, 0.15) is 0 Å². The van der Waals surface area contributed by atoms with Crippen molar-refractivity contribution in [2.24, 2.45) is 5.92 Å². The summed E-state index contributed by atoms with van der Waals surface area (Å²) in [6.07, 6.45) is 0.697. The van der Waals surface area contributed by atoms with Crippen LogP contribution in [0.25, 0.3) is 0 Å². The van der Waals surface area contributed by atoms with Gasteiger partial charge in [-0.05, 0) is 30.5 Å². The second kappa shape index (κ2) is 8.06. The molecule has 0 aliphatic rings. The number of ether oxygens (including phenoxy) is 2. The van der Waals surface area contributed by atoms with Crippen LogP contribution in [0.3, 0.4) is 0 Å². The molecule has 0 aromatic heterocycles. The Bertz CT molecular complexity index is 358. The lowest BCUT2D eigenvalue weighted by Gasteiger charge is -2.14. The SMILES string of the molecule is COCCNCC(C)Cc1cccc(OC)c1F. The Kier molecular flexibility index (Phi) is 6.68. The quantitative estimate of drug-likeness (QED) is 0.723. The molecule has 0 heterocycles. The second-order valence-corrected chi connectivity index (χ2v) is 4.44. The first kappa shape index (κ1) is 14.9. The number of methoxy groups -OCH3 is 2. The molecular formula is C14H22FNO2. The molecule has 1 rings (SSSR count). The third kappa shape index (κ3) is 4.63. The van der Waals surface area contributed by atoms with Gasteiger partial charge >= 0.3 is 0 Å². The number of benzene rings is 1. The smallest absolute Gasteiger partial charge is 0.168 e. The van der Waals surface area contributed by atoms with Crippen LogP contribution in [-0.4, -0.2) is 33.9 Å². The largest absolute Gasteiger partial charge is 0.494 e. The zero-order valence-electron chi connectivity index (χ0n) is 11.3. The molecule has 0 fully saturated rings. The van der Waals surface area contributed by atoms with Crippen LogP contribution in [0.1, 0.15) is 12.5 Å². The van der Waals surface area contributed by atoms with Gasteiger partial charge in [0.2, 0.25) is 0 Å². The summed E-state index contributed by atoms with van der Waals surface area (Å²) in [4.78, 5) is 0. The van der Waals surface area contributed by atoms with Crippen molar-refractivity contribution >= 4 is 0 Å². The van der Waals surface area contributed by atoms with Crippen molar-refractivity contribution in [2.75, 3.05) is 33.9 Å². The number of hydrogen-bond acceptors (Lipinski definition) is 3. The molecule has 0 aliphatic carbocycles. The molecule has 1 unspecified atom stereocenters. The van der Waals surface area contributed by atoms with Gasteiger partial charge in [0.05, 0.1) is 13.7 Å². The summed E-state index contributed by atoms with van der Waals surface area (Å²) in [5.41, 5.74) is 0.704. The minimum Gasteiger partial charge on any atom is -0.494 e. The molecule has 1 N–H and O–H groups in total. The Morgan fingerprint density at radius 3 is 2.78 bits per heavy atom. The maximum Gasteiger partial charge on any atom is 0.168 e. The van der Waals surface area contributed by atoms with E-state index >= 15 is 0 Å². The van der Waals surface area contributed by atoms with Gasteiger partial charge in [-0.1, -0.05) is 19.1 Å². The zero-order valence-corrected chi connectivity index (χ0v) is 11.3. The van der Waals surface area contributed by atoms with Gasteiger partial charge in [0, 0.05) is 13.7 Å². The van der Waals surface area contributed by atoms with Crippen LogP contribution >= 0.6 is 0 Å². The lowest BCUT2D eigenvalue weighted by Crippen LogP contribution is -2.26. The van der Waals surface area contributed by atoms with Crippen LogP contribution in [0.15, 0.2) is 18.2 Å². The molecule has 4 heteroatoms. The standard InChI is InChI=1S/C14H22FNO2/c1-11(10-16-7-8-17-2)9-12-5-4-6-13(18-3)14(12)15/h4-6,11,16H,7-10H2,1-3H3. The van der Waals surface area contributed by atoms with E-state index in [9.17, 15) is 4.39 Å². The molecule has 0 saturated carbocycles. The van der Waals surface area contributed by atoms with Crippen molar-refractivity contribution in [2.45, 2.75) is 13.3 Å². The van der Waals surface area contributed by atoms with E-state index in [1.54, 1.807) is 13.2 Å². The number of hydrogen-bond donors (Lipinski definition) is 1. The van der Waals surface area contributed by atoms with E-state index in [1.807, 2.05) is 12.1 Å². The van der Waals surface area contributed by atoms with E-state index in [0.717, 1.165) is 13.1 Å². The molecule has 1 aromatic rings. The Hall–Kier alpha value is -1.13. The summed E-state index contributed by atoms with van der Waals surface area (Å²) in [6, 6.07) is 5.27. The highest BCUT2D eigenvalue weighted by Gasteiger charge is 2.11. The monoisotopic (exact) mass is 255 g/mol. The van der Waals surface area contributed by atoms with Gasteiger partial charge in [-0.15, -0.1) is 0 Å². The molecule has 1 aromatic carbocycles. The molecular weight excluding hydrogens is 233 g/mol. The van der Waals surface area contributed by atoms with E-state index in [1.165, 1.54) is 7.11 Å². The Labute approximate surface area is 108 Å². The molecule has 3 nitrogen and oxygen atoms in total. The molecule has 0 amide bonds. The average molecular weight is 255 g/mol. The van der Waals surface area contributed by atoms with E-state index in [0.29, 0.717) is 30.3 Å². The van der Waals surface area contributed by atoms with E-state index < -0.39 is 0 Å². The Balaban J connectivity index is 2.46.